The van der Waals surface area contributed by atoms with Crippen molar-refractivity contribution in [3.05, 3.63) is 0 Å². The summed E-state index contributed by atoms with van der Waals surface area (Å²) < 4.78 is 10.6. The molecular formula is C14H24N2O5. The van der Waals surface area contributed by atoms with Gasteiger partial charge in [-0.25, -0.2) is 4.79 Å². The maximum absolute atomic E-state index is 12.4. The number of amides is 2. The number of nitrogens with one attached hydrogen (secondary N) is 1. The molecule has 0 saturated carbocycles. The average Bonchev–Trinajstić information content (AvgIpc) is 3.10. The molecule has 2 heterocycles. The summed E-state index contributed by atoms with van der Waals surface area (Å²) in [5, 5.41) is 12.2. The number of urea groups is 1. The number of nitrogens with zero attached hydrogens (tertiary/aromatic N) is 1. The van der Waals surface area contributed by atoms with Gasteiger partial charge in [-0.1, -0.05) is 0 Å². The van der Waals surface area contributed by atoms with Crippen molar-refractivity contribution in [2.45, 2.75) is 32.4 Å². The molecule has 2 saturated heterocycles. The molecule has 2 amide bonds. The summed E-state index contributed by atoms with van der Waals surface area (Å²) in [5.74, 6) is -1.25. The molecule has 0 spiro atoms. The summed E-state index contributed by atoms with van der Waals surface area (Å²) in [5.41, 5.74) is 0. The summed E-state index contributed by atoms with van der Waals surface area (Å²) >= 11 is 0. The van der Waals surface area contributed by atoms with E-state index < -0.39 is 17.9 Å². The fourth-order valence-corrected chi connectivity index (χ4v) is 2.96. The minimum atomic E-state index is -0.916. The second-order valence-corrected chi connectivity index (χ2v) is 5.70. The predicted molar refractivity (Wildman–Crippen MR) is 75.0 cm³/mol. The van der Waals surface area contributed by atoms with Crippen LogP contribution in [0, 0.1) is 11.8 Å². The molecule has 0 aromatic heterocycles. The van der Waals surface area contributed by atoms with E-state index in [1.165, 1.54) is 0 Å². The van der Waals surface area contributed by atoms with Gasteiger partial charge in [0, 0.05) is 25.1 Å². The number of ether oxygens (including phenoxy) is 2. The standard InChI is InChI=1S/C14H24N2O5/c1-3-16(12-8-21-7-11(12)13(17)18)14(19)15-9(2)10-4-5-20-6-10/h9-12H,3-8H2,1-2H3,(H,15,19)(H,17,18). The number of hydrogen-bond acceptors (Lipinski definition) is 4. The topological polar surface area (TPSA) is 88.1 Å². The number of rotatable bonds is 5. The van der Waals surface area contributed by atoms with Gasteiger partial charge in [-0.15, -0.1) is 0 Å². The summed E-state index contributed by atoms with van der Waals surface area (Å²) in [7, 11) is 0. The molecule has 0 radical (unpaired) electrons. The van der Waals surface area contributed by atoms with E-state index in [1.54, 1.807) is 4.90 Å². The SMILES string of the molecule is CCN(C(=O)NC(C)C1CCOC1)C1COCC1C(=O)O. The fraction of sp³-hybridized carbons (Fsp3) is 0.857. The molecule has 2 N–H and O–H groups in total. The zero-order valence-corrected chi connectivity index (χ0v) is 12.6. The van der Waals surface area contributed by atoms with Gasteiger partial charge in [0.2, 0.25) is 0 Å². The molecule has 4 atom stereocenters. The van der Waals surface area contributed by atoms with Gasteiger partial charge in [-0.2, -0.15) is 0 Å². The first-order chi connectivity index (χ1) is 10.0. The summed E-state index contributed by atoms with van der Waals surface area (Å²) in [6, 6.07) is -0.613. The molecule has 4 unspecified atom stereocenters. The van der Waals surface area contributed by atoms with Crippen LogP contribution in [-0.4, -0.2) is 67.1 Å². The first-order valence-corrected chi connectivity index (χ1v) is 7.50. The van der Waals surface area contributed by atoms with Gasteiger partial charge >= 0.3 is 12.0 Å². The monoisotopic (exact) mass is 300 g/mol. The second kappa shape index (κ2) is 7.09. The Balaban J connectivity index is 1.96. The van der Waals surface area contributed by atoms with Gasteiger partial charge in [0.1, 0.15) is 5.92 Å². The van der Waals surface area contributed by atoms with Crippen LogP contribution in [0.4, 0.5) is 4.79 Å². The first kappa shape index (κ1) is 16.0. The summed E-state index contributed by atoms with van der Waals surface area (Å²) in [6.07, 6.45) is 0.942. The molecule has 2 aliphatic heterocycles. The number of hydrogen-bond donors (Lipinski definition) is 2. The number of likely N-dealkylation sites (N-methyl/N-ethyl adjacent to an activating group) is 1. The molecule has 2 aliphatic rings. The third-order valence-corrected chi connectivity index (χ3v) is 4.39. The smallest absolute Gasteiger partial charge is 0.317 e. The van der Waals surface area contributed by atoms with E-state index in [9.17, 15) is 14.7 Å². The Morgan fingerprint density at radius 3 is 2.67 bits per heavy atom. The van der Waals surface area contributed by atoms with Gasteiger partial charge in [0.15, 0.2) is 0 Å². The molecular weight excluding hydrogens is 276 g/mol. The lowest BCUT2D eigenvalue weighted by Gasteiger charge is -2.31. The van der Waals surface area contributed by atoms with Crippen LogP contribution in [0.25, 0.3) is 0 Å². The summed E-state index contributed by atoms with van der Waals surface area (Å²) in [4.78, 5) is 25.2. The Hall–Kier alpha value is -1.34. The van der Waals surface area contributed by atoms with E-state index in [2.05, 4.69) is 5.32 Å². The van der Waals surface area contributed by atoms with Crippen LogP contribution >= 0.6 is 0 Å². The third kappa shape index (κ3) is 3.65. The fourth-order valence-electron chi connectivity index (χ4n) is 2.96. The zero-order chi connectivity index (χ0) is 15.4. The van der Waals surface area contributed by atoms with E-state index in [-0.39, 0.29) is 25.3 Å². The highest BCUT2D eigenvalue weighted by Crippen LogP contribution is 2.21. The van der Waals surface area contributed by atoms with Crippen molar-refractivity contribution in [2.24, 2.45) is 11.8 Å². The predicted octanol–water partition coefficient (Wildman–Crippen LogP) is 0.543. The molecule has 0 bridgehead atoms. The van der Waals surface area contributed by atoms with Crippen LogP contribution in [0.3, 0.4) is 0 Å². The number of carboxylic acid groups (broad SMARTS) is 1. The third-order valence-electron chi connectivity index (χ3n) is 4.39. The van der Waals surface area contributed by atoms with E-state index in [4.69, 9.17) is 9.47 Å². The maximum Gasteiger partial charge on any atom is 0.317 e. The number of carbonyl (C=O) groups excluding carboxylic acids is 1. The van der Waals surface area contributed by atoms with Crippen molar-refractivity contribution in [1.29, 1.82) is 0 Å². The molecule has 7 nitrogen and oxygen atoms in total. The molecule has 2 rings (SSSR count). The molecule has 2 fully saturated rings. The van der Waals surface area contributed by atoms with Crippen LogP contribution in [-0.2, 0) is 14.3 Å². The van der Waals surface area contributed by atoms with Crippen molar-refractivity contribution < 1.29 is 24.2 Å². The van der Waals surface area contributed by atoms with Gasteiger partial charge in [0.25, 0.3) is 0 Å². The van der Waals surface area contributed by atoms with Crippen LogP contribution in [0.15, 0.2) is 0 Å². The number of carbonyl (C=O) groups is 2. The minimum absolute atomic E-state index is 0.0136. The van der Waals surface area contributed by atoms with Gasteiger partial charge in [0.05, 0.1) is 25.9 Å². The number of carboxylic acids is 1. The van der Waals surface area contributed by atoms with Crippen LogP contribution in [0.1, 0.15) is 20.3 Å². The van der Waals surface area contributed by atoms with E-state index in [1.807, 2.05) is 13.8 Å². The molecule has 0 aromatic rings. The maximum atomic E-state index is 12.4. The molecule has 21 heavy (non-hydrogen) atoms. The minimum Gasteiger partial charge on any atom is -0.481 e. The van der Waals surface area contributed by atoms with Crippen LogP contribution in [0.2, 0.25) is 0 Å². The summed E-state index contributed by atoms with van der Waals surface area (Å²) in [6.45, 7) is 6.11. The molecule has 120 valence electrons. The zero-order valence-electron chi connectivity index (χ0n) is 12.6. The molecule has 0 aliphatic carbocycles. The first-order valence-electron chi connectivity index (χ1n) is 7.50. The average molecular weight is 300 g/mol. The Bertz CT molecular complexity index is 384. The highest BCUT2D eigenvalue weighted by Gasteiger charge is 2.40. The lowest BCUT2D eigenvalue weighted by molar-refractivity contribution is -0.142. The Kier molecular flexibility index (Phi) is 5.41. The van der Waals surface area contributed by atoms with Crippen molar-refractivity contribution in [2.75, 3.05) is 33.0 Å². The number of aliphatic carboxylic acids is 1. The Labute approximate surface area is 124 Å². The Morgan fingerprint density at radius 2 is 2.10 bits per heavy atom. The molecule has 7 heteroatoms. The van der Waals surface area contributed by atoms with E-state index >= 15 is 0 Å². The highest BCUT2D eigenvalue weighted by atomic mass is 16.5. The van der Waals surface area contributed by atoms with Gasteiger partial charge in [-0.3, -0.25) is 4.79 Å². The van der Waals surface area contributed by atoms with Crippen LogP contribution in [0.5, 0.6) is 0 Å². The van der Waals surface area contributed by atoms with E-state index in [0.717, 1.165) is 13.0 Å². The normalized spacial score (nSPS) is 30.1. The van der Waals surface area contributed by atoms with Crippen LogP contribution < -0.4 is 5.32 Å². The lowest BCUT2D eigenvalue weighted by Crippen LogP contribution is -2.53. The van der Waals surface area contributed by atoms with Crippen molar-refractivity contribution in [3.63, 3.8) is 0 Å². The van der Waals surface area contributed by atoms with Crippen molar-refractivity contribution in [3.8, 4) is 0 Å². The Morgan fingerprint density at radius 1 is 1.33 bits per heavy atom. The van der Waals surface area contributed by atoms with Crippen molar-refractivity contribution in [1.82, 2.24) is 10.2 Å². The lowest BCUT2D eigenvalue weighted by atomic mass is 10.0. The second-order valence-electron chi connectivity index (χ2n) is 5.70. The van der Waals surface area contributed by atoms with Gasteiger partial charge in [-0.05, 0) is 20.3 Å². The largest absolute Gasteiger partial charge is 0.481 e. The van der Waals surface area contributed by atoms with Gasteiger partial charge < -0.3 is 24.8 Å². The van der Waals surface area contributed by atoms with Crippen molar-refractivity contribution >= 4 is 12.0 Å². The van der Waals surface area contributed by atoms with E-state index in [0.29, 0.717) is 19.1 Å². The highest BCUT2D eigenvalue weighted by molar-refractivity contribution is 5.77. The quantitative estimate of drug-likeness (QED) is 0.774. The molecule has 0 aromatic carbocycles.